The van der Waals surface area contributed by atoms with Gasteiger partial charge in [0.25, 0.3) is 5.91 Å². The van der Waals surface area contributed by atoms with Gasteiger partial charge in [-0.15, -0.1) is 0 Å². The van der Waals surface area contributed by atoms with Crippen molar-refractivity contribution in [3.8, 4) is 0 Å². The second-order valence-electron chi connectivity index (χ2n) is 4.41. The molecule has 0 aliphatic carbocycles. The van der Waals surface area contributed by atoms with Crippen molar-refractivity contribution in [1.29, 1.82) is 0 Å². The van der Waals surface area contributed by atoms with Gasteiger partial charge in [-0.2, -0.15) is 5.10 Å². The minimum Gasteiger partial charge on any atom is -0.465 e. The van der Waals surface area contributed by atoms with E-state index in [4.69, 9.17) is 0 Å². The highest BCUT2D eigenvalue weighted by Crippen LogP contribution is 2.14. The van der Waals surface area contributed by atoms with Crippen LogP contribution in [0.1, 0.15) is 26.3 Å². The van der Waals surface area contributed by atoms with E-state index in [1.165, 1.54) is 0 Å². The number of hydrogen-bond acceptors (Lipinski definition) is 4. The van der Waals surface area contributed by atoms with Crippen LogP contribution >= 0.6 is 0 Å². The van der Waals surface area contributed by atoms with Gasteiger partial charge in [-0.3, -0.25) is 4.79 Å². The Morgan fingerprint density at radius 2 is 1.70 bits per heavy atom. The van der Waals surface area contributed by atoms with Gasteiger partial charge < -0.3 is 4.74 Å². The average Bonchev–Trinajstić information content (AvgIpc) is 2.56. The Hall–Kier alpha value is -3.09. The lowest BCUT2D eigenvalue weighted by Crippen LogP contribution is -2.17. The molecule has 5 nitrogen and oxygen atoms in total. The maximum absolute atomic E-state index is 13.8. The quantitative estimate of drug-likeness (QED) is 0.535. The second kappa shape index (κ2) is 7.26. The van der Waals surface area contributed by atoms with E-state index >= 15 is 0 Å². The van der Waals surface area contributed by atoms with E-state index in [0.29, 0.717) is 5.56 Å². The van der Waals surface area contributed by atoms with Crippen LogP contribution in [0.2, 0.25) is 0 Å². The molecule has 0 aliphatic heterocycles. The van der Waals surface area contributed by atoms with Crippen LogP contribution in [-0.2, 0) is 4.74 Å². The number of methoxy groups -OCH3 is 1. The number of benzene rings is 2. The van der Waals surface area contributed by atoms with E-state index in [2.05, 4.69) is 15.3 Å². The number of carbonyl (C=O) groups is 2. The summed E-state index contributed by atoms with van der Waals surface area (Å²) >= 11 is 0. The minimum absolute atomic E-state index is 0.257. The molecular formula is C16H12F2N2O3. The molecule has 1 N–H and O–H groups in total. The molecule has 0 atom stereocenters. The van der Waals surface area contributed by atoms with Crippen molar-refractivity contribution in [1.82, 2.24) is 5.43 Å². The van der Waals surface area contributed by atoms with Crippen LogP contribution in [0.3, 0.4) is 0 Å². The first kappa shape index (κ1) is 16.3. The third-order valence-electron chi connectivity index (χ3n) is 2.90. The Labute approximate surface area is 130 Å². The van der Waals surface area contributed by atoms with E-state index in [0.717, 1.165) is 25.5 Å². The summed E-state index contributed by atoms with van der Waals surface area (Å²) in [6, 6.07) is 9.87. The highest BCUT2D eigenvalue weighted by Gasteiger charge is 2.14. The molecule has 0 spiro atoms. The lowest BCUT2D eigenvalue weighted by atomic mass is 10.1. The molecule has 2 aromatic carbocycles. The smallest absolute Gasteiger partial charge is 0.338 e. The van der Waals surface area contributed by atoms with Crippen molar-refractivity contribution in [2.75, 3.05) is 7.11 Å². The van der Waals surface area contributed by atoms with Gasteiger partial charge in [0, 0.05) is 5.56 Å². The van der Waals surface area contributed by atoms with Crippen molar-refractivity contribution in [2.24, 2.45) is 5.10 Å². The number of halogens is 2. The molecule has 0 heterocycles. The molecule has 0 saturated heterocycles. The summed E-state index contributed by atoms with van der Waals surface area (Å²) in [6.45, 7) is 0. The molecule has 0 saturated carbocycles. The Morgan fingerprint density at radius 1 is 1.09 bits per heavy atom. The van der Waals surface area contributed by atoms with E-state index in [-0.39, 0.29) is 5.56 Å². The normalized spacial score (nSPS) is 10.6. The third kappa shape index (κ3) is 3.97. The summed E-state index contributed by atoms with van der Waals surface area (Å²) in [6.07, 6.45) is 0.826. The molecule has 1 amide bonds. The Morgan fingerprint density at radius 3 is 2.26 bits per heavy atom. The van der Waals surface area contributed by atoms with Gasteiger partial charge in [0.1, 0.15) is 11.6 Å². The summed E-state index contributed by atoms with van der Waals surface area (Å²) < 4.78 is 32.0. The number of ether oxygens (including phenoxy) is 1. The van der Waals surface area contributed by atoms with Gasteiger partial charge in [0.05, 0.1) is 24.5 Å². The van der Waals surface area contributed by atoms with E-state index in [1.54, 1.807) is 30.3 Å². The van der Waals surface area contributed by atoms with Gasteiger partial charge in [0.15, 0.2) is 0 Å². The highest BCUT2D eigenvalue weighted by molar-refractivity contribution is 5.95. The summed E-state index contributed by atoms with van der Waals surface area (Å²) in [7, 11) is 1.10. The predicted molar refractivity (Wildman–Crippen MR) is 79.2 cm³/mol. The fraction of sp³-hybridized carbons (Fsp3) is 0.0625. The molecule has 0 aromatic heterocycles. The third-order valence-corrected chi connectivity index (χ3v) is 2.90. The van der Waals surface area contributed by atoms with Gasteiger partial charge in [-0.25, -0.2) is 19.0 Å². The first-order chi connectivity index (χ1) is 11.0. The van der Waals surface area contributed by atoms with Crippen LogP contribution < -0.4 is 5.43 Å². The SMILES string of the molecule is COC(=O)c1cc(F)c(/C=N/NC(=O)c2ccccc2)c(F)c1. The molecule has 0 fully saturated rings. The summed E-state index contributed by atoms with van der Waals surface area (Å²) in [5, 5.41) is 3.51. The van der Waals surface area contributed by atoms with Gasteiger partial charge >= 0.3 is 5.97 Å². The monoisotopic (exact) mass is 318 g/mol. The topological polar surface area (TPSA) is 67.8 Å². The minimum atomic E-state index is -0.997. The van der Waals surface area contributed by atoms with Crippen LogP contribution in [-0.4, -0.2) is 25.2 Å². The molecule has 2 aromatic rings. The van der Waals surface area contributed by atoms with Crippen LogP contribution in [0.4, 0.5) is 8.78 Å². The maximum Gasteiger partial charge on any atom is 0.338 e. The summed E-state index contributed by atoms with van der Waals surface area (Å²) in [5.74, 6) is -3.37. The average molecular weight is 318 g/mol. The van der Waals surface area contributed by atoms with Gasteiger partial charge in [0.2, 0.25) is 0 Å². The molecule has 7 heteroatoms. The number of amides is 1. The molecule has 0 aliphatic rings. The molecule has 0 unspecified atom stereocenters. The second-order valence-corrected chi connectivity index (χ2v) is 4.41. The summed E-state index contributed by atoms with van der Waals surface area (Å²) in [5.41, 5.74) is 1.77. The molecule has 0 radical (unpaired) electrons. The van der Waals surface area contributed by atoms with Crippen LogP contribution in [0.5, 0.6) is 0 Å². The molecule has 0 bridgehead atoms. The number of nitrogens with zero attached hydrogens (tertiary/aromatic N) is 1. The number of nitrogens with one attached hydrogen (secondary N) is 1. The van der Waals surface area contributed by atoms with Crippen LogP contribution in [0, 0.1) is 11.6 Å². The maximum atomic E-state index is 13.8. The highest BCUT2D eigenvalue weighted by atomic mass is 19.1. The molecule has 23 heavy (non-hydrogen) atoms. The van der Waals surface area contributed by atoms with Crippen molar-refractivity contribution in [2.45, 2.75) is 0 Å². The number of rotatable bonds is 4. The fourth-order valence-electron chi connectivity index (χ4n) is 1.75. The van der Waals surface area contributed by atoms with E-state index < -0.39 is 29.1 Å². The fourth-order valence-corrected chi connectivity index (χ4v) is 1.75. The lowest BCUT2D eigenvalue weighted by Gasteiger charge is -2.04. The zero-order chi connectivity index (χ0) is 16.8. The largest absolute Gasteiger partial charge is 0.465 e. The Balaban J connectivity index is 2.14. The van der Waals surface area contributed by atoms with Crippen molar-refractivity contribution in [3.63, 3.8) is 0 Å². The zero-order valence-electron chi connectivity index (χ0n) is 12.0. The molecule has 118 valence electrons. The standard InChI is InChI=1S/C16H12F2N2O3/c1-23-16(22)11-7-13(17)12(14(18)8-11)9-19-20-15(21)10-5-3-2-4-6-10/h2-9H,1H3,(H,20,21)/b19-9+. The Bertz CT molecular complexity index is 738. The lowest BCUT2D eigenvalue weighted by molar-refractivity contribution is 0.0599. The first-order valence-corrected chi connectivity index (χ1v) is 6.48. The van der Waals surface area contributed by atoms with Crippen molar-refractivity contribution in [3.05, 3.63) is 70.8 Å². The molecular weight excluding hydrogens is 306 g/mol. The van der Waals surface area contributed by atoms with Crippen molar-refractivity contribution < 1.29 is 23.1 Å². The van der Waals surface area contributed by atoms with Gasteiger partial charge in [-0.1, -0.05) is 18.2 Å². The number of hydrogen-bond donors (Lipinski definition) is 1. The van der Waals surface area contributed by atoms with Crippen LogP contribution in [0.15, 0.2) is 47.6 Å². The van der Waals surface area contributed by atoms with Crippen LogP contribution in [0.25, 0.3) is 0 Å². The number of hydrazone groups is 1. The predicted octanol–water partition coefficient (Wildman–Crippen LogP) is 2.52. The van der Waals surface area contributed by atoms with Gasteiger partial charge in [-0.05, 0) is 24.3 Å². The van der Waals surface area contributed by atoms with E-state index in [9.17, 15) is 18.4 Å². The Kier molecular flexibility index (Phi) is 5.14. The van der Waals surface area contributed by atoms with Crippen molar-refractivity contribution >= 4 is 18.1 Å². The zero-order valence-corrected chi connectivity index (χ0v) is 12.0. The summed E-state index contributed by atoms with van der Waals surface area (Å²) in [4.78, 5) is 23.0. The molecule has 2 rings (SSSR count). The number of esters is 1. The first-order valence-electron chi connectivity index (χ1n) is 6.48. The van der Waals surface area contributed by atoms with E-state index in [1.807, 2.05) is 0 Å². The number of carbonyl (C=O) groups excluding carboxylic acids is 2.